The van der Waals surface area contributed by atoms with E-state index >= 15 is 0 Å². The molecular weight excluding hydrogens is 294 g/mol. The van der Waals surface area contributed by atoms with Gasteiger partial charge in [-0.25, -0.2) is 8.42 Å². The van der Waals surface area contributed by atoms with Gasteiger partial charge in [0.25, 0.3) is 0 Å². The first-order valence-corrected chi connectivity index (χ1v) is 8.89. The summed E-state index contributed by atoms with van der Waals surface area (Å²) >= 11 is 0. The Balaban J connectivity index is 1.87. The van der Waals surface area contributed by atoms with E-state index in [1.54, 1.807) is 6.33 Å². The Labute approximate surface area is 124 Å². The largest absolute Gasteiger partial charge is 0.354 e. The minimum absolute atomic E-state index is 0.236. The number of amides is 1. The molecule has 2 rings (SSSR count). The molecule has 1 aliphatic heterocycles. The zero-order valence-electron chi connectivity index (χ0n) is 12.3. The van der Waals surface area contributed by atoms with Crippen LogP contribution in [0.2, 0.25) is 0 Å². The molecular formula is C12H21N5O3S. The molecule has 1 fully saturated rings. The predicted octanol–water partition coefficient (Wildman–Crippen LogP) is -0.619. The van der Waals surface area contributed by atoms with E-state index in [2.05, 4.69) is 15.5 Å². The molecule has 1 aromatic rings. The van der Waals surface area contributed by atoms with Gasteiger partial charge in [-0.15, -0.1) is 10.2 Å². The minimum Gasteiger partial charge on any atom is -0.354 e. The van der Waals surface area contributed by atoms with Gasteiger partial charge in [0.1, 0.15) is 18.2 Å². The average molecular weight is 315 g/mol. The molecule has 1 amide bonds. The molecule has 2 heterocycles. The number of rotatable bonds is 6. The number of aryl methyl sites for hydroxylation is 1. The third-order valence-corrected chi connectivity index (χ3v) is 4.91. The Morgan fingerprint density at radius 1 is 1.52 bits per heavy atom. The van der Waals surface area contributed by atoms with Gasteiger partial charge in [0.15, 0.2) is 0 Å². The first-order chi connectivity index (χ1) is 9.93. The van der Waals surface area contributed by atoms with Gasteiger partial charge in [-0.1, -0.05) is 0 Å². The van der Waals surface area contributed by atoms with Crippen LogP contribution in [0.15, 0.2) is 6.33 Å². The molecule has 8 nitrogen and oxygen atoms in total. The van der Waals surface area contributed by atoms with Gasteiger partial charge in [0, 0.05) is 26.1 Å². The molecule has 1 N–H and O–H groups in total. The number of nitrogens with one attached hydrogen (secondary N) is 1. The van der Waals surface area contributed by atoms with Crippen LogP contribution in [0, 0.1) is 0 Å². The van der Waals surface area contributed by atoms with E-state index in [-0.39, 0.29) is 5.91 Å². The Morgan fingerprint density at radius 2 is 2.29 bits per heavy atom. The van der Waals surface area contributed by atoms with Gasteiger partial charge in [0.05, 0.1) is 6.26 Å². The van der Waals surface area contributed by atoms with E-state index in [0.29, 0.717) is 25.9 Å². The normalized spacial score (nSPS) is 19.8. The Hall–Kier alpha value is -1.48. The highest BCUT2D eigenvalue weighted by Crippen LogP contribution is 2.20. The minimum atomic E-state index is -3.33. The molecule has 0 spiro atoms. The van der Waals surface area contributed by atoms with Crippen LogP contribution >= 0.6 is 0 Å². The van der Waals surface area contributed by atoms with Crippen LogP contribution in [0.25, 0.3) is 0 Å². The molecule has 0 aliphatic carbocycles. The molecule has 118 valence electrons. The van der Waals surface area contributed by atoms with Crippen LogP contribution in [0.3, 0.4) is 0 Å². The van der Waals surface area contributed by atoms with Crippen LogP contribution in [-0.4, -0.2) is 58.8 Å². The van der Waals surface area contributed by atoms with Crippen molar-refractivity contribution in [1.29, 1.82) is 0 Å². The molecule has 0 saturated carbocycles. The highest BCUT2D eigenvalue weighted by Gasteiger charge is 2.36. The molecule has 21 heavy (non-hydrogen) atoms. The van der Waals surface area contributed by atoms with Crippen LogP contribution in [0.1, 0.15) is 25.6 Å². The van der Waals surface area contributed by atoms with Gasteiger partial charge in [-0.05, 0) is 19.8 Å². The van der Waals surface area contributed by atoms with E-state index in [9.17, 15) is 13.2 Å². The lowest BCUT2D eigenvalue weighted by Gasteiger charge is -2.21. The van der Waals surface area contributed by atoms with E-state index in [1.807, 2.05) is 11.5 Å². The quantitative estimate of drug-likeness (QED) is 0.754. The fraction of sp³-hybridized carbons (Fsp3) is 0.750. The number of aromatic nitrogens is 3. The first-order valence-electron chi connectivity index (χ1n) is 7.04. The smallest absolute Gasteiger partial charge is 0.238 e. The lowest BCUT2D eigenvalue weighted by atomic mass is 10.2. The van der Waals surface area contributed by atoms with Crippen LogP contribution < -0.4 is 5.32 Å². The van der Waals surface area contributed by atoms with E-state index < -0.39 is 16.1 Å². The van der Waals surface area contributed by atoms with E-state index in [0.717, 1.165) is 25.0 Å². The summed E-state index contributed by atoms with van der Waals surface area (Å²) in [6.45, 7) is 3.61. The standard InChI is InChI=1S/C12H21N5O3S/c1-3-16-9-14-15-11(16)6-7-13-12(18)10-5-4-8-17(10)21(2,19)20/h9-10H,3-8H2,1-2H3,(H,13,18)/t10-/m0/s1. The summed E-state index contributed by atoms with van der Waals surface area (Å²) in [5.74, 6) is 0.574. The maximum Gasteiger partial charge on any atom is 0.238 e. The van der Waals surface area contributed by atoms with Gasteiger partial charge >= 0.3 is 0 Å². The summed E-state index contributed by atoms with van der Waals surface area (Å²) in [5, 5.41) is 10.6. The number of nitrogens with zero attached hydrogens (tertiary/aromatic N) is 4. The van der Waals surface area contributed by atoms with Crippen molar-refractivity contribution in [2.45, 2.75) is 38.8 Å². The number of sulfonamides is 1. The fourth-order valence-corrected chi connectivity index (χ4v) is 3.68. The number of carbonyl (C=O) groups excluding carboxylic acids is 1. The lowest BCUT2D eigenvalue weighted by molar-refractivity contribution is -0.124. The lowest BCUT2D eigenvalue weighted by Crippen LogP contribution is -2.46. The van der Waals surface area contributed by atoms with Crippen molar-refractivity contribution < 1.29 is 13.2 Å². The summed E-state index contributed by atoms with van der Waals surface area (Å²) in [4.78, 5) is 12.1. The van der Waals surface area contributed by atoms with E-state index in [4.69, 9.17) is 0 Å². The number of carbonyl (C=O) groups is 1. The maximum absolute atomic E-state index is 12.1. The number of hydrogen-bond acceptors (Lipinski definition) is 5. The SMILES string of the molecule is CCn1cnnc1CCNC(=O)[C@@H]1CCCN1S(C)(=O)=O. The van der Waals surface area contributed by atoms with Gasteiger partial charge < -0.3 is 9.88 Å². The summed E-state index contributed by atoms with van der Waals surface area (Å²) < 4.78 is 26.4. The van der Waals surface area contributed by atoms with Crippen molar-refractivity contribution in [3.05, 3.63) is 12.2 Å². The average Bonchev–Trinajstić information content (AvgIpc) is 3.06. The highest BCUT2D eigenvalue weighted by molar-refractivity contribution is 7.88. The highest BCUT2D eigenvalue weighted by atomic mass is 32.2. The first kappa shape index (κ1) is 15.9. The molecule has 1 aromatic heterocycles. The van der Waals surface area contributed by atoms with Crippen molar-refractivity contribution in [2.75, 3.05) is 19.3 Å². The van der Waals surface area contributed by atoms with Crippen molar-refractivity contribution in [3.63, 3.8) is 0 Å². The van der Waals surface area contributed by atoms with Crippen LogP contribution in [0.5, 0.6) is 0 Å². The zero-order chi connectivity index (χ0) is 15.5. The maximum atomic E-state index is 12.1. The monoisotopic (exact) mass is 315 g/mol. The summed E-state index contributed by atoms with van der Waals surface area (Å²) in [6, 6.07) is -0.580. The van der Waals surface area contributed by atoms with Crippen LogP contribution in [0.4, 0.5) is 0 Å². The van der Waals surface area contributed by atoms with Crippen molar-refractivity contribution in [1.82, 2.24) is 24.4 Å². The molecule has 0 bridgehead atoms. The fourth-order valence-electron chi connectivity index (χ4n) is 2.55. The second-order valence-electron chi connectivity index (χ2n) is 5.11. The molecule has 9 heteroatoms. The zero-order valence-corrected chi connectivity index (χ0v) is 13.1. The third kappa shape index (κ3) is 3.79. The second kappa shape index (κ2) is 6.52. The molecule has 0 radical (unpaired) electrons. The molecule has 0 aromatic carbocycles. The Kier molecular flexibility index (Phi) is 4.94. The third-order valence-electron chi connectivity index (χ3n) is 3.62. The van der Waals surface area contributed by atoms with Crippen molar-refractivity contribution in [2.24, 2.45) is 0 Å². The second-order valence-corrected chi connectivity index (χ2v) is 7.04. The van der Waals surface area contributed by atoms with Gasteiger partial charge in [-0.2, -0.15) is 4.31 Å². The summed E-state index contributed by atoms with van der Waals surface area (Å²) in [6.07, 6.45) is 4.66. The molecule has 1 aliphatic rings. The van der Waals surface area contributed by atoms with Crippen molar-refractivity contribution >= 4 is 15.9 Å². The summed E-state index contributed by atoms with van der Waals surface area (Å²) in [5.41, 5.74) is 0. The molecule has 1 saturated heterocycles. The Bertz CT molecular complexity index is 598. The van der Waals surface area contributed by atoms with Gasteiger partial charge in [-0.3, -0.25) is 4.79 Å². The summed E-state index contributed by atoms with van der Waals surface area (Å²) in [7, 11) is -3.33. The molecule has 1 atom stereocenters. The van der Waals surface area contributed by atoms with E-state index in [1.165, 1.54) is 4.31 Å². The predicted molar refractivity (Wildman–Crippen MR) is 77.0 cm³/mol. The van der Waals surface area contributed by atoms with Crippen molar-refractivity contribution in [3.8, 4) is 0 Å². The van der Waals surface area contributed by atoms with Gasteiger partial charge in [0.2, 0.25) is 15.9 Å². The topological polar surface area (TPSA) is 97.2 Å². The van der Waals surface area contributed by atoms with Crippen LogP contribution in [-0.2, 0) is 27.8 Å². The number of hydrogen-bond donors (Lipinski definition) is 1. The Morgan fingerprint density at radius 3 is 2.95 bits per heavy atom. The molecule has 0 unspecified atom stereocenters.